The molecule has 1 aromatic carbocycles. The number of hydrogen-bond donors (Lipinski definition) is 1. The van der Waals surface area contributed by atoms with Crippen LogP contribution in [0, 0.1) is 12.7 Å². The summed E-state index contributed by atoms with van der Waals surface area (Å²) in [6.45, 7) is 2.20. The number of halogens is 1. The van der Waals surface area contributed by atoms with E-state index in [-0.39, 0.29) is 17.1 Å². The Morgan fingerprint density at radius 3 is 2.60 bits per heavy atom. The van der Waals surface area contributed by atoms with Crippen molar-refractivity contribution in [2.45, 2.75) is 26.3 Å². The minimum Gasteiger partial charge on any atom is -0.481 e. The molecular formula is C14H14FNO3S. The number of carboxylic acid groups (broad SMARTS) is 1. The third-order valence-electron chi connectivity index (χ3n) is 3.02. The molecule has 2 rings (SSSR count). The van der Waals surface area contributed by atoms with Crippen molar-refractivity contribution in [3.63, 3.8) is 0 Å². The predicted molar refractivity (Wildman–Crippen MR) is 75.6 cm³/mol. The van der Waals surface area contributed by atoms with Crippen LogP contribution < -0.4 is 4.87 Å². The van der Waals surface area contributed by atoms with E-state index < -0.39 is 5.97 Å². The van der Waals surface area contributed by atoms with Crippen LogP contribution in [0.1, 0.15) is 18.5 Å². The van der Waals surface area contributed by atoms with Gasteiger partial charge >= 0.3 is 10.8 Å². The molecule has 0 saturated carbocycles. The number of hydrogen-bond acceptors (Lipinski definition) is 3. The van der Waals surface area contributed by atoms with Gasteiger partial charge < -0.3 is 9.67 Å². The van der Waals surface area contributed by atoms with Crippen molar-refractivity contribution >= 4 is 17.3 Å². The van der Waals surface area contributed by atoms with Crippen molar-refractivity contribution in [2.75, 3.05) is 0 Å². The Hall–Kier alpha value is -1.95. The smallest absolute Gasteiger partial charge is 0.307 e. The molecule has 6 heteroatoms. The summed E-state index contributed by atoms with van der Waals surface area (Å²) in [7, 11) is 0. The van der Waals surface area contributed by atoms with Gasteiger partial charge in [-0.3, -0.25) is 9.59 Å². The molecule has 20 heavy (non-hydrogen) atoms. The minimum atomic E-state index is -0.871. The van der Waals surface area contributed by atoms with Gasteiger partial charge in [-0.25, -0.2) is 4.39 Å². The number of benzene rings is 1. The summed E-state index contributed by atoms with van der Waals surface area (Å²) < 4.78 is 14.5. The number of aromatic nitrogens is 1. The van der Waals surface area contributed by atoms with Crippen LogP contribution in [0.2, 0.25) is 0 Å². The lowest BCUT2D eigenvalue weighted by atomic mass is 10.1. The lowest BCUT2D eigenvalue weighted by molar-refractivity contribution is -0.137. The van der Waals surface area contributed by atoms with Gasteiger partial charge in [0.15, 0.2) is 0 Å². The topological polar surface area (TPSA) is 59.3 Å². The molecule has 0 fully saturated rings. The Kier molecular flexibility index (Phi) is 4.34. The molecule has 1 N–H and O–H groups in total. The molecule has 106 valence electrons. The predicted octanol–water partition coefficient (Wildman–Crippen LogP) is 2.89. The first kappa shape index (κ1) is 14.5. The van der Waals surface area contributed by atoms with E-state index in [4.69, 9.17) is 5.11 Å². The second-order valence-electron chi connectivity index (χ2n) is 4.44. The first-order valence-corrected chi connectivity index (χ1v) is 6.98. The van der Waals surface area contributed by atoms with Gasteiger partial charge in [-0.15, -0.1) is 0 Å². The largest absolute Gasteiger partial charge is 0.481 e. The molecule has 0 bridgehead atoms. The van der Waals surface area contributed by atoms with Gasteiger partial charge in [-0.2, -0.15) is 0 Å². The van der Waals surface area contributed by atoms with Gasteiger partial charge in [0, 0.05) is 18.7 Å². The lowest BCUT2D eigenvalue weighted by Gasteiger charge is -2.05. The van der Waals surface area contributed by atoms with Gasteiger partial charge in [0.2, 0.25) is 0 Å². The van der Waals surface area contributed by atoms with Crippen LogP contribution in [-0.2, 0) is 11.3 Å². The molecule has 4 nitrogen and oxygen atoms in total. The first-order valence-electron chi connectivity index (χ1n) is 6.17. The van der Waals surface area contributed by atoms with Crippen LogP contribution in [0.3, 0.4) is 0 Å². The van der Waals surface area contributed by atoms with Gasteiger partial charge in [0.1, 0.15) is 5.82 Å². The van der Waals surface area contributed by atoms with Gasteiger partial charge in [0.25, 0.3) is 0 Å². The molecule has 1 aromatic heterocycles. The quantitative estimate of drug-likeness (QED) is 0.922. The van der Waals surface area contributed by atoms with Crippen molar-refractivity contribution in [3.8, 4) is 10.4 Å². The lowest BCUT2D eigenvalue weighted by Crippen LogP contribution is -2.15. The number of rotatable bonds is 5. The molecule has 0 aliphatic carbocycles. The summed E-state index contributed by atoms with van der Waals surface area (Å²) in [5.74, 6) is -1.19. The first-order chi connectivity index (χ1) is 9.49. The van der Waals surface area contributed by atoms with E-state index >= 15 is 0 Å². The highest BCUT2D eigenvalue weighted by molar-refractivity contribution is 7.13. The molecular weight excluding hydrogens is 281 g/mol. The van der Waals surface area contributed by atoms with Crippen molar-refractivity contribution in [3.05, 3.63) is 45.4 Å². The standard InChI is InChI=1S/C14H14FNO3S/c1-9-13(10-4-6-11(15)7-5-10)20-14(19)16(9)8-2-3-12(17)18/h4-7H,2-3,8H2,1H3,(H,17,18). The zero-order valence-electron chi connectivity index (χ0n) is 10.9. The fraction of sp³-hybridized carbons (Fsp3) is 0.286. The average Bonchev–Trinajstić information content (AvgIpc) is 2.67. The van der Waals surface area contributed by atoms with Crippen LogP contribution in [0.15, 0.2) is 29.1 Å². The molecule has 1 heterocycles. The van der Waals surface area contributed by atoms with Crippen molar-refractivity contribution in [1.29, 1.82) is 0 Å². The van der Waals surface area contributed by atoms with Crippen LogP contribution >= 0.6 is 11.3 Å². The Labute approximate surface area is 119 Å². The Morgan fingerprint density at radius 2 is 2.00 bits per heavy atom. The molecule has 0 atom stereocenters. The monoisotopic (exact) mass is 295 g/mol. The summed E-state index contributed by atoms with van der Waals surface area (Å²) in [5, 5.41) is 8.62. The van der Waals surface area contributed by atoms with E-state index in [9.17, 15) is 14.0 Å². The van der Waals surface area contributed by atoms with E-state index in [0.717, 1.165) is 27.5 Å². The highest BCUT2D eigenvalue weighted by atomic mass is 32.1. The highest BCUT2D eigenvalue weighted by Crippen LogP contribution is 2.26. The summed E-state index contributed by atoms with van der Waals surface area (Å²) in [6, 6.07) is 5.98. The van der Waals surface area contributed by atoms with Crippen LogP contribution in [0.4, 0.5) is 4.39 Å². The maximum absolute atomic E-state index is 12.9. The Balaban J connectivity index is 2.26. The highest BCUT2D eigenvalue weighted by Gasteiger charge is 2.13. The van der Waals surface area contributed by atoms with Crippen LogP contribution in [-0.4, -0.2) is 15.6 Å². The van der Waals surface area contributed by atoms with Crippen molar-refractivity contribution in [2.24, 2.45) is 0 Å². The summed E-state index contributed by atoms with van der Waals surface area (Å²) in [4.78, 5) is 23.1. The summed E-state index contributed by atoms with van der Waals surface area (Å²) >= 11 is 1.10. The second kappa shape index (κ2) is 6.00. The van der Waals surface area contributed by atoms with E-state index in [1.807, 2.05) is 6.92 Å². The van der Waals surface area contributed by atoms with E-state index in [2.05, 4.69) is 0 Å². The van der Waals surface area contributed by atoms with Crippen LogP contribution in [0.25, 0.3) is 10.4 Å². The zero-order chi connectivity index (χ0) is 14.7. The number of nitrogens with zero attached hydrogens (tertiary/aromatic N) is 1. The molecule has 0 spiro atoms. The van der Waals surface area contributed by atoms with Gasteiger partial charge in [0.05, 0.1) is 4.88 Å². The molecule has 0 aliphatic rings. The van der Waals surface area contributed by atoms with Gasteiger partial charge in [-0.05, 0) is 31.0 Å². The molecule has 0 aliphatic heterocycles. The fourth-order valence-electron chi connectivity index (χ4n) is 1.99. The number of carbonyl (C=O) groups is 1. The molecule has 2 aromatic rings. The van der Waals surface area contributed by atoms with Gasteiger partial charge in [-0.1, -0.05) is 23.5 Å². The maximum atomic E-state index is 12.9. The Morgan fingerprint density at radius 1 is 1.35 bits per heavy atom. The molecule has 0 saturated heterocycles. The van der Waals surface area contributed by atoms with E-state index in [1.54, 1.807) is 16.7 Å². The average molecular weight is 295 g/mol. The van der Waals surface area contributed by atoms with Crippen molar-refractivity contribution < 1.29 is 14.3 Å². The third-order valence-corrected chi connectivity index (χ3v) is 4.15. The summed E-state index contributed by atoms with van der Waals surface area (Å²) in [5.41, 5.74) is 1.58. The van der Waals surface area contributed by atoms with Crippen molar-refractivity contribution in [1.82, 2.24) is 4.57 Å². The Bertz CT molecular complexity index is 673. The molecule has 0 amide bonds. The number of carboxylic acids is 1. The second-order valence-corrected chi connectivity index (χ2v) is 5.40. The van der Waals surface area contributed by atoms with Crippen LogP contribution in [0.5, 0.6) is 0 Å². The minimum absolute atomic E-state index is 0.0353. The summed E-state index contributed by atoms with van der Waals surface area (Å²) in [6.07, 6.45) is 0.448. The number of thiazole rings is 1. The number of aliphatic carboxylic acids is 1. The van der Waals surface area contributed by atoms with E-state index in [0.29, 0.717) is 13.0 Å². The normalized spacial score (nSPS) is 10.7. The fourth-order valence-corrected chi connectivity index (χ4v) is 3.02. The molecule has 0 radical (unpaired) electrons. The SMILES string of the molecule is Cc1c(-c2ccc(F)cc2)sc(=O)n1CCCC(=O)O. The maximum Gasteiger partial charge on any atom is 0.307 e. The third kappa shape index (κ3) is 3.14. The van der Waals surface area contributed by atoms with E-state index in [1.165, 1.54) is 12.1 Å². The molecule has 0 unspecified atom stereocenters. The zero-order valence-corrected chi connectivity index (χ0v) is 11.7.